The Balaban J connectivity index is 2.16. The first kappa shape index (κ1) is 15.3. The second-order valence-corrected chi connectivity index (χ2v) is 4.81. The summed E-state index contributed by atoms with van der Waals surface area (Å²) in [7, 11) is 0. The average Bonchev–Trinajstić information content (AvgIpc) is 2.45. The molecular formula is C15H15N3O4. The first-order valence-corrected chi connectivity index (χ1v) is 6.50. The number of phenols is 1. The molecule has 2 aromatic carbocycles. The van der Waals surface area contributed by atoms with Crippen molar-refractivity contribution in [2.75, 3.05) is 10.6 Å². The van der Waals surface area contributed by atoms with Crippen LogP contribution < -0.4 is 10.6 Å². The Morgan fingerprint density at radius 2 is 1.77 bits per heavy atom. The molecule has 0 unspecified atom stereocenters. The number of nitro benzene ring substituents is 1. The van der Waals surface area contributed by atoms with Crippen LogP contribution >= 0.6 is 0 Å². The highest BCUT2D eigenvalue weighted by molar-refractivity contribution is 6.01. The van der Waals surface area contributed by atoms with Crippen LogP contribution in [0.2, 0.25) is 0 Å². The van der Waals surface area contributed by atoms with Gasteiger partial charge >= 0.3 is 11.7 Å². The molecule has 0 heterocycles. The molecule has 0 saturated carbocycles. The zero-order valence-corrected chi connectivity index (χ0v) is 12.1. The van der Waals surface area contributed by atoms with Gasteiger partial charge in [-0.05, 0) is 37.1 Å². The van der Waals surface area contributed by atoms with Crippen LogP contribution in [0.15, 0.2) is 36.4 Å². The van der Waals surface area contributed by atoms with Crippen LogP contribution in [0.5, 0.6) is 5.75 Å². The lowest BCUT2D eigenvalue weighted by atomic mass is 10.1. The molecular weight excluding hydrogens is 286 g/mol. The van der Waals surface area contributed by atoms with Crippen molar-refractivity contribution in [2.24, 2.45) is 0 Å². The molecule has 0 spiro atoms. The highest BCUT2D eigenvalue weighted by atomic mass is 16.6. The van der Waals surface area contributed by atoms with Gasteiger partial charge in [-0.3, -0.25) is 10.1 Å². The maximum absolute atomic E-state index is 12.0. The Kier molecular flexibility index (Phi) is 4.26. The molecule has 7 heteroatoms. The second kappa shape index (κ2) is 6.13. The van der Waals surface area contributed by atoms with Crippen molar-refractivity contribution < 1.29 is 14.8 Å². The van der Waals surface area contributed by atoms with E-state index in [1.165, 1.54) is 6.07 Å². The zero-order chi connectivity index (χ0) is 16.3. The van der Waals surface area contributed by atoms with Gasteiger partial charge in [-0.25, -0.2) is 4.79 Å². The summed E-state index contributed by atoms with van der Waals surface area (Å²) in [5.74, 6) is -0.453. The Hall–Kier alpha value is -3.09. The van der Waals surface area contributed by atoms with Gasteiger partial charge in [0.2, 0.25) is 0 Å². The quantitative estimate of drug-likeness (QED) is 0.458. The molecule has 0 atom stereocenters. The van der Waals surface area contributed by atoms with E-state index >= 15 is 0 Å². The number of nitro groups is 1. The summed E-state index contributed by atoms with van der Waals surface area (Å²) in [6.45, 7) is 3.74. The van der Waals surface area contributed by atoms with Crippen LogP contribution in [-0.2, 0) is 0 Å². The summed E-state index contributed by atoms with van der Waals surface area (Å²) < 4.78 is 0. The fraction of sp³-hybridized carbons (Fsp3) is 0.133. The van der Waals surface area contributed by atoms with E-state index in [2.05, 4.69) is 10.6 Å². The summed E-state index contributed by atoms with van der Waals surface area (Å²) >= 11 is 0. The standard InChI is InChI=1S/C15H15N3O4/c1-9-4-3-5-10(2)14(9)17-15(20)16-11-6-7-13(19)12(8-11)18(21)22/h3-8,19H,1-2H3,(H2,16,17,20). The summed E-state index contributed by atoms with van der Waals surface area (Å²) in [5, 5.41) is 25.3. The van der Waals surface area contributed by atoms with E-state index in [0.29, 0.717) is 5.69 Å². The SMILES string of the molecule is Cc1cccc(C)c1NC(=O)Nc1ccc(O)c([N+](=O)[O-])c1. The average molecular weight is 301 g/mol. The fourth-order valence-electron chi connectivity index (χ4n) is 2.03. The first-order chi connectivity index (χ1) is 10.4. The van der Waals surface area contributed by atoms with Crippen molar-refractivity contribution in [3.05, 3.63) is 57.6 Å². The van der Waals surface area contributed by atoms with Gasteiger partial charge in [0.25, 0.3) is 0 Å². The number of urea groups is 1. The largest absolute Gasteiger partial charge is 0.502 e. The molecule has 2 amide bonds. The molecule has 0 aliphatic heterocycles. The molecule has 2 rings (SSSR count). The molecule has 0 aliphatic carbocycles. The summed E-state index contributed by atoms with van der Waals surface area (Å²) in [6, 6.07) is 8.75. The van der Waals surface area contributed by atoms with Crippen LogP contribution in [-0.4, -0.2) is 16.1 Å². The number of benzene rings is 2. The topological polar surface area (TPSA) is 104 Å². The molecule has 0 aromatic heterocycles. The van der Waals surface area contributed by atoms with Crippen LogP contribution in [0.3, 0.4) is 0 Å². The lowest BCUT2D eigenvalue weighted by molar-refractivity contribution is -0.385. The minimum Gasteiger partial charge on any atom is -0.502 e. The number of nitrogens with zero attached hydrogens (tertiary/aromatic N) is 1. The van der Waals surface area contributed by atoms with Gasteiger partial charge in [-0.2, -0.15) is 0 Å². The number of amides is 2. The Morgan fingerprint density at radius 1 is 1.14 bits per heavy atom. The summed E-state index contributed by atoms with van der Waals surface area (Å²) in [4.78, 5) is 22.0. The van der Waals surface area contributed by atoms with Gasteiger partial charge in [-0.15, -0.1) is 0 Å². The predicted molar refractivity (Wildman–Crippen MR) is 83.3 cm³/mol. The Morgan fingerprint density at radius 3 is 2.36 bits per heavy atom. The summed E-state index contributed by atoms with van der Waals surface area (Å²) in [6.07, 6.45) is 0. The maximum atomic E-state index is 12.0. The van der Waals surface area contributed by atoms with E-state index in [-0.39, 0.29) is 5.69 Å². The van der Waals surface area contributed by atoms with E-state index in [1.807, 2.05) is 32.0 Å². The smallest absolute Gasteiger partial charge is 0.323 e. The monoisotopic (exact) mass is 301 g/mol. The predicted octanol–water partition coefficient (Wildman–Crippen LogP) is 3.56. The van der Waals surface area contributed by atoms with Crippen molar-refractivity contribution in [1.29, 1.82) is 0 Å². The van der Waals surface area contributed by atoms with Gasteiger partial charge in [-0.1, -0.05) is 18.2 Å². The molecule has 0 bridgehead atoms. The lowest BCUT2D eigenvalue weighted by Crippen LogP contribution is -2.20. The van der Waals surface area contributed by atoms with Gasteiger partial charge < -0.3 is 15.7 Å². The van der Waals surface area contributed by atoms with Crippen molar-refractivity contribution in [3.8, 4) is 5.75 Å². The van der Waals surface area contributed by atoms with Gasteiger partial charge in [0.1, 0.15) is 0 Å². The fourth-order valence-corrected chi connectivity index (χ4v) is 2.03. The van der Waals surface area contributed by atoms with Crippen molar-refractivity contribution in [1.82, 2.24) is 0 Å². The van der Waals surface area contributed by atoms with E-state index in [9.17, 15) is 20.0 Å². The molecule has 0 aliphatic rings. The normalized spacial score (nSPS) is 10.1. The van der Waals surface area contributed by atoms with Crippen molar-refractivity contribution in [2.45, 2.75) is 13.8 Å². The van der Waals surface area contributed by atoms with Gasteiger partial charge in [0.15, 0.2) is 5.75 Å². The van der Waals surface area contributed by atoms with E-state index < -0.39 is 22.4 Å². The number of carbonyl (C=O) groups excluding carboxylic acids is 1. The number of nitrogens with one attached hydrogen (secondary N) is 2. The number of phenolic OH excluding ortho intramolecular Hbond substituents is 1. The maximum Gasteiger partial charge on any atom is 0.323 e. The van der Waals surface area contributed by atoms with Crippen LogP contribution in [0, 0.1) is 24.0 Å². The third-order valence-electron chi connectivity index (χ3n) is 3.15. The van der Waals surface area contributed by atoms with Crippen LogP contribution in [0.25, 0.3) is 0 Å². The number of hydrogen-bond acceptors (Lipinski definition) is 4. The summed E-state index contributed by atoms with van der Waals surface area (Å²) in [5.41, 5.74) is 2.25. The third kappa shape index (κ3) is 3.32. The van der Waals surface area contributed by atoms with Crippen molar-refractivity contribution in [3.63, 3.8) is 0 Å². The van der Waals surface area contributed by atoms with Crippen molar-refractivity contribution >= 4 is 23.1 Å². The number of hydrogen-bond donors (Lipinski definition) is 3. The Bertz CT molecular complexity index is 723. The van der Waals surface area contributed by atoms with Crippen LogP contribution in [0.1, 0.15) is 11.1 Å². The molecule has 2 aromatic rings. The van der Waals surface area contributed by atoms with E-state index in [4.69, 9.17) is 0 Å². The number of anilines is 2. The number of carbonyl (C=O) groups is 1. The molecule has 3 N–H and O–H groups in total. The minimum atomic E-state index is -0.718. The molecule has 0 radical (unpaired) electrons. The number of aromatic hydroxyl groups is 1. The number of aryl methyl sites for hydroxylation is 2. The van der Waals surface area contributed by atoms with E-state index in [1.54, 1.807) is 0 Å². The highest BCUT2D eigenvalue weighted by Crippen LogP contribution is 2.28. The molecule has 114 valence electrons. The third-order valence-corrected chi connectivity index (χ3v) is 3.15. The van der Waals surface area contributed by atoms with Gasteiger partial charge in [0, 0.05) is 17.4 Å². The van der Waals surface area contributed by atoms with Gasteiger partial charge in [0.05, 0.1) is 4.92 Å². The van der Waals surface area contributed by atoms with E-state index in [0.717, 1.165) is 23.3 Å². The Labute approximate surface area is 126 Å². The lowest BCUT2D eigenvalue weighted by Gasteiger charge is -2.12. The van der Waals surface area contributed by atoms with Crippen LogP contribution in [0.4, 0.5) is 21.9 Å². The second-order valence-electron chi connectivity index (χ2n) is 4.81. The molecule has 0 fully saturated rings. The first-order valence-electron chi connectivity index (χ1n) is 6.50. The zero-order valence-electron chi connectivity index (χ0n) is 12.1. The number of para-hydroxylation sites is 1. The molecule has 0 saturated heterocycles. The highest BCUT2D eigenvalue weighted by Gasteiger charge is 2.15. The molecule has 22 heavy (non-hydrogen) atoms. The number of rotatable bonds is 3. The molecule has 7 nitrogen and oxygen atoms in total. The minimum absolute atomic E-state index is 0.216.